The van der Waals surface area contributed by atoms with Gasteiger partial charge >= 0.3 is 30.6 Å². The van der Waals surface area contributed by atoms with Gasteiger partial charge in [0.05, 0.1) is 0 Å². The minimum Gasteiger partial charge on any atom is -0.473 e. The lowest BCUT2D eigenvalue weighted by molar-refractivity contribution is -0.166. The molecule has 0 unspecified atom stereocenters. The van der Waals surface area contributed by atoms with Gasteiger partial charge in [-0.3, -0.25) is 0 Å². The molecule has 7 N–H and O–H groups in total. The van der Waals surface area contributed by atoms with E-state index >= 15 is 0 Å². The van der Waals surface area contributed by atoms with Crippen molar-refractivity contribution in [1.29, 1.82) is 0 Å². The van der Waals surface area contributed by atoms with Crippen LogP contribution in [-0.2, 0) is 17.0 Å². The van der Waals surface area contributed by atoms with Crippen LogP contribution < -0.4 is 46.8 Å². The van der Waals surface area contributed by atoms with E-state index in [1.54, 1.807) is 0 Å². The van der Waals surface area contributed by atoms with E-state index in [0.717, 1.165) is 72.8 Å². The smallest absolute Gasteiger partial charge is 0.426 e. The Hall–Kier alpha value is -5.11. The number of aliphatic hydroxyl groups is 1. The molecule has 4 aliphatic rings. The number of nitrogens with one attached hydrogen (secondary N) is 6. The van der Waals surface area contributed by atoms with E-state index in [-0.39, 0.29) is 33.9 Å². The number of carbonyl (C=O) groups is 2. The monoisotopic (exact) mass is 779 g/mol. The zero-order valence-electron chi connectivity index (χ0n) is 26.9. The lowest BCUT2D eigenvalue weighted by atomic mass is 10.0. The summed E-state index contributed by atoms with van der Waals surface area (Å²) in [5, 5.41) is 11.1. The minimum absolute atomic E-state index is 0.0491. The summed E-state index contributed by atoms with van der Waals surface area (Å²) >= 11 is 0. The molecule has 0 atom stereocenters. The molecule has 3 aromatic rings. The van der Waals surface area contributed by atoms with Gasteiger partial charge in [-0.1, -0.05) is 36.4 Å². The Morgan fingerprint density at radius 3 is 1.00 bits per heavy atom. The Balaban J connectivity index is 1.06. The summed E-state index contributed by atoms with van der Waals surface area (Å²) in [6.07, 6.45) is -16.1. The summed E-state index contributed by atoms with van der Waals surface area (Å²) in [5.74, 6) is -0.166. The summed E-state index contributed by atoms with van der Waals surface area (Å²) in [6.45, 7) is -2.42. The molecule has 0 spiro atoms. The number of alkyl halides is 9. The van der Waals surface area contributed by atoms with Crippen molar-refractivity contribution in [3.63, 3.8) is 0 Å². The second-order valence-corrected chi connectivity index (χ2v) is 12.2. The van der Waals surface area contributed by atoms with E-state index in [1.165, 1.54) is 0 Å². The normalized spacial score (nSPS) is 20.5. The predicted molar refractivity (Wildman–Crippen MR) is 160 cm³/mol. The predicted octanol–water partition coefficient (Wildman–Crippen LogP) is 3.00. The molecule has 3 aromatic carbocycles. The van der Waals surface area contributed by atoms with Crippen molar-refractivity contribution < 1.29 is 68.4 Å². The number of halogens is 9. The maximum absolute atomic E-state index is 13.5. The van der Waals surface area contributed by atoms with Gasteiger partial charge in [0.2, 0.25) is 23.3 Å². The number of nitrogens with zero attached hydrogens (tertiary/aromatic N) is 3. The number of hydrogen-bond acceptors (Lipinski definition) is 12. The van der Waals surface area contributed by atoms with Gasteiger partial charge in [0.15, 0.2) is 20.2 Å². The van der Waals surface area contributed by atoms with Crippen LogP contribution in [0.25, 0.3) is 0 Å². The summed E-state index contributed by atoms with van der Waals surface area (Å²) in [7, 11) is 0. The molecule has 4 fully saturated rings. The van der Waals surface area contributed by atoms with Crippen molar-refractivity contribution in [1.82, 2.24) is 47.3 Å². The van der Waals surface area contributed by atoms with Gasteiger partial charge in [0.25, 0.3) is 0 Å². The lowest BCUT2D eigenvalue weighted by Crippen LogP contribution is -2.67. The zero-order chi connectivity index (χ0) is 38.9. The van der Waals surface area contributed by atoms with Crippen LogP contribution in [0.4, 0.5) is 49.1 Å². The van der Waals surface area contributed by atoms with Gasteiger partial charge < -0.3 is 19.3 Å². The molecule has 54 heavy (non-hydrogen) atoms. The molecule has 0 radical (unpaired) electrons. The van der Waals surface area contributed by atoms with E-state index in [0.29, 0.717) is 14.7 Å². The number of carbonyl (C=O) groups excluding carboxylic acids is 2. The summed E-state index contributed by atoms with van der Waals surface area (Å²) < 4.78 is 138. The zero-order valence-corrected chi connectivity index (χ0v) is 26.9. The number of aliphatic hydroxyl groups excluding tert-OH is 1. The van der Waals surface area contributed by atoms with Crippen molar-refractivity contribution >= 4 is 12.1 Å². The first-order chi connectivity index (χ1) is 25.3. The van der Waals surface area contributed by atoms with E-state index in [9.17, 15) is 54.2 Å². The van der Waals surface area contributed by atoms with Crippen molar-refractivity contribution in [3.8, 4) is 17.2 Å². The number of imide groups is 1. The van der Waals surface area contributed by atoms with Crippen LogP contribution in [0.3, 0.4) is 0 Å². The lowest BCUT2D eigenvalue weighted by Gasteiger charge is -2.43. The Morgan fingerprint density at radius 1 is 0.500 bits per heavy atom. The van der Waals surface area contributed by atoms with Crippen LogP contribution in [0.1, 0.15) is 16.7 Å². The topological polar surface area (TPSA) is 223 Å². The number of rotatable bonds is 12. The number of ether oxygens (including phenoxy) is 3. The van der Waals surface area contributed by atoms with Crippen molar-refractivity contribution in [3.05, 3.63) is 89.5 Å². The Kier molecular flexibility index (Phi) is 8.78. The molecule has 4 saturated heterocycles. The van der Waals surface area contributed by atoms with E-state index < -0.39 is 74.1 Å². The molecule has 0 aromatic heterocycles. The second-order valence-electron chi connectivity index (χ2n) is 12.2. The highest BCUT2D eigenvalue weighted by atomic mass is 19.4. The van der Waals surface area contributed by atoms with E-state index in [2.05, 4.69) is 0 Å². The highest BCUT2D eigenvalue weighted by molar-refractivity contribution is 5.95. The third-order valence-corrected chi connectivity index (χ3v) is 8.87. The molecule has 290 valence electrons. The van der Waals surface area contributed by atoms with Crippen LogP contribution in [0, 0.1) is 0 Å². The van der Waals surface area contributed by atoms with Crippen molar-refractivity contribution in [2.24, 2.45) is 0 Å². The molecule has 0 bridgehead atoms. The Morgan fingerprint density at radius 2 is 0.759 bits per heavy atom. The van der Waals surface area contributed by atoms with Crippen LogP contribution in [0.15, 0.2) is 72.8 Å². The quantitative estimate of drug-likeness (QED) is 0.104. The largest absolute Gasteiger partial charge is 0.473 e. The molecule has 7 rings (SSSR count). The van der Waals surface area contributed by atoms with Gasteiger partial charge in [-0.15, -0.1) is 0 Å². The second kappa shape index (κ2) is 12.7. The molecule has 24 heteroatoms. The number of urea groups is 2. The first-order valence-electron chi connectivity index (χ1n) is 15.4. The van der Waals surface area contributed by atoms with Crippen molar-refractivity contribution in [2.45, 2.75) is 41.9 Å². The molecule has 15 nitrogen and oxygen atoms in total. The minimum atomic E-state index is -4.68. The molecular weight excluding hydrogens is 753 g/mol. The van der Waals surface area contributed by atoms with E-state index in [1.807, 2.05) is 32.6 Å². The molecule has 4 aliphatic heterocycles. The van der Waals surface area contributed by atoms with Gasteiger partial charge in [0, 0.05) is 0 Å². The molecule has 4 heterocycles. The molecule has 0 aliphatic carbocycles. The Bertz CT molecular complexity index is 1790. The SMILES string of the molecule is O=C1N(COc2ccc(C3(C(F)(F)F)NN3)cc2)C(=O)N(COc2ccc(C3(C(F)(F)F)NN3)cc2)C(O)N1COc1ccc(C2(C(F)(F)F)NN2)cc1. The third kappa shape index (κ3) is 6.43. The summed E-state index contributed by atoms with van der Waals surface area (Å²) in [5.41, 5.74) is 4.29. The fraction of sp³-hybridized carbons (Fsp3) is 0.333. The van der Waals surface area contributed by atoms with Crippen LogP contribution >= 0.6 is 0 Å². The maximum Gasteiger partial charge on any atom is 0.426 e. The standard InChI is InChI=1S/C30H26F9N9O6/c31-28(32,33)25(40-41-25)16-1-7-19(8-2-16)52-13-46-22(49)47(14-53-20-9-3-17(4-10-20)26(42-43-26)29(34,35)36)24(51)48(23(46)50)15-54-21-11-5-18(6-12-21)27(44-45-27)30(37,38)39/h1-12,22,40-45,49H,13-15H2. The molecular formula is C30H26F9N9O6. The number of benzene rings is 3. The fourth-order valence-corrected chi connectivity index (χ4v) is 5.48. The fourth-order valence-electron chi connectivity index (χ4n) is 5.48. The van der Waals surface area contributed by atoms with E-state index in [4.69, 9.17) is 14.2 Å². The first-order valence-corrected chi connectivity index (χ1v) is 15.4. The maximum atomic E-state index is 13.5. The first kappa shape index (κ1) is 37.2. The van der Waals surface area contributed by atoms with Crippen LogP contribution in [0.5, 0.6) is 17.2 Å². The highest BCUT2D eigenvalue weighted by Crippen LogP contribution is 2.44. The summed E-state index contributed by atoms with van der Waals surface area (Å²) in [4.78, 5) is 28.7. The van der Waals surface area contributed by atoms with Gasteiger partial charge in [0.1, 0.15) is 17.2 Å². The average Bonchev–Trinajstić information content (AvgIpc) is 3.96. The number of amides is 4. The Labute approximate surface area is 296 Å². The van der Waals surface area contributed by atoms with Crippen molar-refractivity contribution in [2.75, 3.05) is 20.2 Å². The van der Waals surface area contributed by atoms with Gasteiger partial charge in [-0.25, -0.2) is 56.8 Å². The average molecular weight is 780 g/mol. The highest BCUT2D eigenvalue weighted by Gasteiger charge is 2.67. The van der Waals surface area contributed by atoms with Crippen LogP contribution in [-0.4, -0.2) is 76.9 Å². The van der Waals surface area contributed by atoms with Gasteiger partial charge in [-0.05, 0) is 53.1 Å². The third-order valence-electron chi connectivity index (χ3n) is 8.87. The van der Waals surface area contributed by atoms with Crippen LogP contribution in [0.2, 0.25) is 0 Å². The summed E-state index contributed by atoms with van der Waals surface area (Å²) in [6, 6.07) is 11.2. The number of hydrazine groups is 3. The molecule has 4 amide bonds. The molecule has 0 saturated carbocycles. The number of hydrogen-bond donors (Lipinski definition) is 7. The van der Waals surface area contributed by atoms with Gasteiger partial charge in [-0.2, -0.15) is 39.5 Å².